The summed E-state index contributed by atoms with van der Waals surface area (Å²) in [5.41, 5.74) is 3.01. The molecule has 0 fully saturated rings. The van der Waals surface area contributed by atoms with Crippen molar-refractivity contribution in [1.82, 2.24) is 9.55 Å². The van der Waals surface area contributed by atoms with Crippen LogP contribution in [0.15, 0.2) is 85.2 Å². The van der Waals surface area contributed by atoms with Crippen LogP contribution >= 0.6 is 0 Å². The molecule has 0 saturated heterocycles. The van der Waals surface area contributed by atoms with Gasteiger partial charge in [-0.15, -0.1) is 0 Å². The Morgan fingerprint density at radius 3 is 2.44 bits per heavy atom. The van der Waals surface area contributed by atoms with E-state index in [2.05, 4.69) is 21.7 Å². The number of para-hydroxylation sites is 1. The third-order valence-corrected chi connectivity index (χ3v) is 5.96. The quantitative estimate of drug-likeness (QED) is 0.490. The second-order valence-electron chi connectivity index (χ2n) is 5.73. The van der Waals surface area contributed by atoms with Crippen molar-refractivity contribution in [2.75, 3.05) is 0 Å². The molecular weight excluding hydrogens is 375 g/mol. The molecular formula is C21H16N2OSe. The molecule has 0 amide bonds. The summed E-state index contributed by atoms with van der Waals surface area (Å²) in [6, 6.07) is 24.1. The Morgan fingerprint density at radius 1 is 0.920 bits per heavy atom. The molecule has 4 heteroatoms. The van der Waals surface area contributed by atoms with Gasteiger partial charge in [0.25, 0.3) is 0 Å². The van der Waals surface area contributed by atoms with Gasteiger partial charge in [-0.05, 0) is 0 Å². The third-order valence-electron chi connectivity index (χ3n) is 4.06. The van der Waals surface area contributed by atoms with Crippen LogP contribution in [0.3, 0.4) is 0 Å². The number of carbonyl (C=O) groups is 1. The van der Waals surface area contributed by atoms with Crippen LogP contribution in [0, 0.1) is 0 Å². The van der Waals surface area contributed by atoms with Crippen molar-refractivity contribution in [3.8, 4) is 0 Å². The minimum atomic E-state index is -0.231. The predicted molar refractivity (Wildman–Crippen MR) is 101 cm³/mol. The van der Waals surface area contributed by atoms with Gasteiger partial charge in [-0.3, -0.25) is 0 Å². The van der Waals surface area contributed by atoms with E-state index >= 15 is 0 Å². The first-order valence-corrected chi connectivity index (χ1v) is 9.77. The molecule has 0 aliphatic rings. The molecule has 0 spiro atoms. The third kappa shape index (κ3) is 3.41. The molecule has 2 heterocycles. The second kappa shape index (κ2) is 7.06. The topological polar surface area (TPSA) is 34.9 Å². The fraction of sp³-hybridized carbons (Fsp3) is 0.0476. The van der Waals surface area contributed by atoms with Crippen molar-refractivity contribution in [1.29, 1.82) is 0 Å². The summed E-state index contributed by atoms with van der Waals surface area (Å²) >= 11 is -0.231. The molecule has 2 aromatic heterocycles. The van der Waals surface area contributed by atoms with Crippen LogP contribution in [0.2, 0.25) is 0 Å². The standard InChI is InChI=1S/C21H16N2OSe/c24-21(25-18-7-2-1-3-8-18)20-14-17-6-4-5-9-19(17)23(20)15-16-10-12-22-13-11-16/h1-14H,15H2. The van der Waals surface area contributed by atoms with Crippen molar-refractivity contribution in [2.24, 2.45) is 0 Å². The number of nitrogens with zero attached hydrogens (tertiary/aromatic N) is 2. The molecule has 0 N–H and O–H groups in total. The maximum absolute atomic E-state index is 13.0. The van der Waals surface area contributed by atoms with Crippen LogP contribution in [0.1, 0.15) is 16.1 Å². The van der Waals surface area contributed by atoms with Crippen molar-refractivity contribution < 1.29 is 4.79 Å². The summed E-state index contributed by atoms with van der Waals surface area (Å²) in [7, 11) is 0. The Morgan fingerprint density at radius 2 is 1.64 bits per heavy atom. The van der Waals surface area contributed by atoms with Crippen molar-refractivity contribution in [3.05, 3.63) is 96.4 Å². The first-order valence-electron chi connectivity index (χ1n) is 8.06. The van der Waals surface area contributed by atoms with Gasteiger partial charge in [0.2, 0.25) is 0 Å². The molecule has 0 bridgehead atoms. The van der Waals surface area contributed by atoms with Crippen LogP contribution in [0.4, 0.5) is 0 Å². The van der Waals surface area contributed by atoms with Gasteiger partial charge in [-0.25, -0.2) is 0 Å². The van der Waals surface area contributed by atoms with E-state index in [0.717, 1.165) is 26.6 Å². The van der Waals surface area contributed by atoms with Crippen LogP contribution in [-0.2, 0) is 6.54 Å². The molecule has 0 aliphatic carbocycles. The second-order valence-corrected chi connectivity index (χ2v) is 7.93. The molecule has 2 aromatic carbocycles. The zero-order chi connectivity index (χ0) is 17.1. The van der Waals surface area contributed by atoms with E-state index in [1.807, 2.05) is 60.7 Å². The Bertz CT molecular complexity index is 1010. The zero-order valence-electron chi connectivity index (χ0n) is 13.5. The van der Waals surface area contributed by atoms with E-state index < -0.39 is 0 Å². The number of hydrogen-bond acceptors (Lipinski definition) is 2. The number of fused-ring (bicyclic) bond motifs is 1. The average molecular weight is 391 g/mol. The number of carbonyl (C=O) groups excluding carboxylic acids is 1. The van der Waals surface area contributed by atoms with E-state index in [9.17, 15) is 4.79 Å². The molecule has 4 aromatic rings. The number of rotatable bonds is 5. The Hall–Kier alpha value is -2.68. The fourth-order valence-electron chi connectivity index (χ4n) is 2.87. The first kappa shape index (κ1) is 15.8. The van der Waals surface area contributed by atoms with Gasteiger partial charge in [0.1, 0.15) is 0 Å². The van der Waals surface area contributed by atoms with Crippen LogP contribution in [-0.4, -0.2) is 29.2 Å². The number of benzene rings is 2. The Labute approximate surface area is 152 Å². The molecule has 0 atom stereocenters. The van der Waals surface area contributed by atoms with Gasteiger partial charge in [0.15, 0.2) is 0 Å². The Balaban J connectivity index is 1.74. The van der Waals surface area contributed by atoms with E-state index in [4.69, 9.17) is 0 Å². The molecule has 0 radical (unpaired) electrons. The maximum atomic E-state index is 13.0. The number of aromatic nitrogens is 2. The summed E-state index contributed by atoms with van der Waals surface area (Å²) in [5, 5.41) is 1.10. The van der Waals surface area contributed by atoms with Crippen molar-refractivity contribution >= 4 is 35.0 Å². The van der Waals surface area contributed by atoms with E-state index in [0.29, 0.717) is 6.54 Å². The summed E-state index contributed by atoms with van der Waals surface area (Å²) in [6.45, 7) is 0.669. The molecule has 3 nitrogen and oxygen atoms in total. The van der Waals surface area contributed by atoms with Gasteiger partial charge in [-0.1, -0.05) is 0 Å². The van der Waals surface area contributed by atoms with Gasteiger partial charge in [-0.2, -0.15) is 0 Å². The number of hydrogen-bond donors (Lipinski definition) is 0. The minimum absolute atomic E-state index is 0.198. The predicted octanol–water partition coefficient (Wildman–Crippen LogP) is 3.25. The summed E-state index contributed by atoms with van der Waals surface area (Å²) in [5.74, 6) is 0. The van der Waals surface area contributed by atoms with Crippen molar-refractivity contribution in [3.63, 3.8) is 0 Å². The summed E-state index contributed by atoms with van der Waals surface area (Å²) in [4.78, 5) is 17.1. The summed E-state index contributed by atoms with van der Waals surface area (Å²) < 4.78 is 3.42. The molecule has 4 rings (SSSR count). The first-order chi connectivity index (χ1) is 12.3. The van der Waals surface area contributed by atoms with Crippen molar-refractivity contribution in [2.45, 2.75) is 6.54 Å². The molecule has 0 unspecified atom stereocenters. The monoisotopic (exact) mass is 392 g/mol. The van der Waals surface area contributed by atoms with E-state index in [1.165, 1.54) is 0 Å². The van der Waals surface area contributed by atoms with Crippen LogP contribution in [0.5, 0.6) is 0 Å². The summed E-state index contributed by atoms with van der Waals surface area (Å²) in [6.07, 6.45) is 3.58. The Kier molecular flexibility index (Phi) is 4.47. The van der Waals surface area contributed by atoms with E-state index in [-0.39, 0.29) is 19.6 Å². The SMILES string of the molecule is O=C([Se]c1ccccc1)c1cc2ccccc2n1Cc1ccncc1. The van der Waals surface area contributed by atoms with Crippen LogP contribution in [0.25, 0.3) is 10.9 Å². The van der Waals surface area contributed by atoms with Crippen LogP contribution < -0.4 is 4.46 Å². The molecule has 25 heavy (non-hydrogen) atoms. The van der Waals surface area contributed by atoms with Gasteiger partial charge >= 0.3 is 152 Å². The van der Waals surface area contributed by atoms with Gasteiger partial charge < -0.3 is 0 Å². The van der Waals surface area contributed by atoms with Gasteiger partial charge in [0, 0.05) is 0 Å². The number of pyridine rings is 1. The normalized spacial score (nSPS) is 10.9. The van der Waals surface area contributed by atoms with E-state index in [1.54, 1.807) is 12.4 Å². The zero-order valence-corrected chi connectivity index (χ0v) is 15.2. The molecule has 0 aliphatic heterocycles. The molecule has 0 saturated carbocycles. The molecule has 122 valence electrons. The fourth-order valence-corrected chi connectivity index (χ4v) is 4.51. The van der Waals surface area contributed by atoms with Gasteiger partial charge in [0.05, 0.1) is 0 Å². The average Bonchev–Trinajstić information content (AvgIpc) is 3.02.